The van der Waals surface area contributed by atoms with Crippen molar-refractivity contribution in [1.29, 1.82) is 5.26 Å². The van der Waals surface area contributed by atoms with Gasteiger partial charge in [0.05, 0.1) is 34.3 Å². The molecule has 1 aromatic carbocycles. The summed E-state index contributed by atoms with van der Waals surface area (Å²) in [6.45, 7) is 6.07. The molecule has 9 heteroatoms. The van der Waals surface area contributed by atoms with Gasteiger partial charge in [0.15, 0.2) is 11.6 Å². The number of carbonyl (C=O) groups is 1. The molecule has 2 atom stereocenters. The van der Waals surface area contributed by atoms with Crippen LogP contribution >= 0.6 is 0 Å². The van der Waals surface area contributed by atoms with Crippen LogP contribution in [0.4, 0.5) is 17.3 Å². The van der Waals surface area contributed by atoms with E-state index in [0.717, 1.165) is 28.8 Å². The molecule has 3 aromatic heterocycles. The number of nitrogens with one attached hydrogen (secondary N) is 1. The maximum atomic E-state index is 12.3. The Morgan fingerprint density at radius 3 is 2.74 bits per heavy atom. The molecule has 0 unspecified atom stereocenters. The number of nitrogens with zero attached hydrogens (tertiary/aromatic N) is 7. The molecular formula is C25H24N8O. The van der Waals surface area contributed by atoms with Gasteiger partial charge in [-0.3, -0.25) is 9.36 Å². The van der Waals surface area contributed by atoms with Crippen molar-refractivity contribution in [1.82, 2.24) is 24.7 Å². The number of ketones is 1. The van der Waals surface area contributed by atoms with E-state index in [4.69, 9.17) is 4.98 Å². The Hall–Kier alpha value is -4.32. The number of carbonyl (C=O) groups excluding carboxylic acids is 1. The van der Waals surface area contributed by atoms with Crippen molar-refractivity contribution in [2.45, 2.75) is 33.2 Å². The van der Waals surface area contributed by atoms with Crippen LogP contribution in [0.15, 0.2) is 48.8 Å². The first-order valence-electron chi connectivity index (χ1n) is 11.2. The van der Waals surface area contributed by atoms with Crippen LogP contribution in [0.1, 0.15) is 36.3 Å². The predicted molar refractivity (Wildman–Crippen MR) is 129 cm³/mol. The van der Waals surface area contributed by atoms with Crippen LogP contribution < -0.4 is 10.2 Å². The zero-order valence-corrected chi connectivity index (χ0v) is 19.2. The Morgan fingerprint density at radius 2 is 2.03 bits per heavy atom. The summed E-state index contributed by atoms with van der Waals surface area (Å²) in [6, 6.07) is 15.8. The molecule has 4 aromatic rings. The van der Waals surface area contributed by atoms with Crippen molar-refractivity contribution in [3.05, 3.63) is 60.0 Å². The summed E-state index contributed by atoms with van der Waals surface area (Å²) in [5.74, 6) is 1.82. The van der Waals surface area contributed by atoms with Crippen LogP contribution in [-0.2, 0) is 0 Å². The van der Waals surface area contributed by atoms with Gasteiger partial charge in [0, 0.05) is 18.3 Å². The predicted octanol–water partition coefficient (Wildman–Crippen LogP) is 4.20. The van der Waals surface area contributed by atoms with E-state index in [1.54, 1.807) is 13.3 Å². The molecule has 170 valence electrons. The van der Waals surface area contributed by atoms with E-state index < -0.39 is 0 Å². The van der Waals surface area contributed by atoms with Gasteiger partial charge < -0.3 is 10.2 Å². The molecule has 0 aliphatic carbocycles. The van der Waals surface area contributed by atoms with Crippen molar-refractivity contribution in [3.8, 4) is 11.9 Å². The van der Waals surface area contributed by atoms with Gasteiger partial charge in [-0.2, -0.15) is 10.4 Å². The number of imidazole rings is 1. The molecule has 34 heavy (non-hydrogen) atoms. The third kappa shape index (κ3) is 3.94. The van der Waals surface area contributed by atoms with Crippen LogP contribution in [0.3, 0.4) is 0 Å². The number of hydrogen-bond donors (Lipinski definition) is 1. The van der Waals surface area contributed by atoms with E-state index >= 15 is 0 Å². The fraction of sp³-hybridized carbons (Fsp3) is 0.280. The second kappa shape index (κ2) is 8.56. The first-order valence-corrected chi connectivity index (χ1v) is 11.2. The molecule has 9 nitrogen and oxygen atoms in total. The first kappa shape index (κ1) is 21.5. The van der Waals surface area contributed by atoms with Gasteiger partial charge >= 0.3 is 0 Å². The van der Waals surface area contributed by atoms with Crippen molar-refractivity contribution in [2.24, 2.45) is 5.92 Å². The number of benzene rings is 1. The van der Waals surface area contributed by atoms with Crippen LogP contribution in [0.5, 0.6) is 0 Å². The lowest BCUT2D eigenvalue weighted by Gasteiger charge is -2.25. The third-order valence-electron chi connectivity index (χ3n) is 6.13. The third-order valence-corrected chi connectivity index (χ3v) is 6.13. The summed E-state index contributed by atoms with van der Waals surface area (Å²) >= 11 is 0. The summed E-state index contributed by atoms with van der Waals surface area (Å²) in [5, 5.41) is 20.8. The van der Waals surface area contributed by atoms with Crippen LogP contribution in [-0.4, -0.2) is 43.1 Å². The van der Waals surface area contributed by atoms with Crippen molar-refractivity contribution >= 4 is 34.1 Å². The van der Waals surface area contributed by atoms with Gasteiger partial charge in [-0.25, -0.2) is 9.97 Å². The van der Waals surface area contributed by atoms with Gasteiger partial charge in [0.25, 0.3) is 0 Å². The van der Waals surface area contributed by atoms with Gasteiger partial charge in [0.1, 0.15) is 18.0 Å². The maximum Gasteiger partial charge on any atom is 0.163 e. The molecule has 5 rings (SSSR count). The van der Waals surface area contributed by atoms with E-state index in [1.807, 2.05) is 54.0 Å². The molecule has 0 amide bonds. The number of hydrogen-bond acceptors (Lipinski definition) is 8. The van der Waals surface area contributed by atoms with Crippen molar-refractivity contribution < 1.29 is 4.79 Å². The number of aryl methyl sites for hydroxylation is 1. The van der Waals surface area contributed by atoms with E-state index in [0.29, 0.717) is 29.6 Å². The molecule has 0 saturated carbocycles. The van der Waals surface area contributed by atoms with Crippen LogP contribution in [0, 0.1) is 24.2 Å². The van der Waals surface area contributed by atoms with Crippen LogP contribution in [0.2, 0.25) is 0 Å². The minimum absolute atomic E-state index is 0.0490. The Kier molecular flexibility index (Phi) is 5.42. The number of rotatable bonds is 5. The number of Topliss-reactive ketones (excluding diaryl/α,β-unsaturated/α-hetero) is 1. The number of aromatic nitrogens is 5. The quantitative estimate of drug-likeness (QED) is 0.448. The average molecular weight is 453 g/mol. The van der Waals surface area contributed by atoms with Gasteiger partial charge in [0.2, 0.25) is 0 Å². The average Bonchev–Trinajstić information content (AvgIpc) is 3.43. The van der Waals surface area contributed by atoms with E-state index in [2.05, 4.69) is 38.4 Å². The molecule has 0 radical (unpaired) electrons. The van der Waals surface area contributed by atoms with E-state index in [9.17, 15) is 10.1 Å². The molecule has 4 heterocycles. The molecule has 1 aliphatic heterocycles. The SMILES string of the molecule is CC(=O)c1ccc(-n2cnc3cc(Nc4ccc(C)nn4)ccc32)nc1N1C[C@H](C#N)C[C@@H]1C. The topological polar surface area (TPSA) is 113 Å². The summed E-state index contributed by atoms with van der Waals surface area (Å²) in [5.41, 5.74) is 3.95. The fourth-order valence-corrected chi connectivity index (χ4v) is 4.37. The highest BCUT2D eigenvalue weighted by Crippen LogP contribution is 2.32. The lowest BCUT2D eigenvalue weighted by atomic mass is 10.1. The highest BCUT2D eigenvalue weighted by atomic mass is 16.1. The lowest BCUT2D eigenvalue weighted by Crippen LogP contribution is -2.29. The smallest absolute Gasteiger partial charge is 0.163 e. The number of nitriles is 1. The zero-order valence-electron chi connectivity index (χ0n) is 19.2. The molecule has 0 spiro atoms. The highest BCUT2D eigenvalue weighted by molar-refractivity contribution is 5.99. The number of anilines is 3. The molecular weight excluding hydrogens is 428 g/mol. The summed E-state index contributed by atoms with van der Waals surface area (Å²) in [7, 11) is 0. The van der Waals surface area contributed by atoms with E-state index in [1.165, 1.54) is 0 Å². The fourth-order valence-electron chi connectivity index (χ4n) is 4.37. The monoisotopic (exact) mass is 452 g/mol. The standard InChI is InChI=1S/C25H24N8O/c1-15-4-8-23(31-30-15)28-19-5-7-22-21(11-19)27-14-33(22)24-9-6-20(17(3)34)25(29-24)32-13-18(12-26)10-16(32)2/h4-9,11,14,16,18H,10,13H2,1-3H3,(H,28,31)/t16-,18-/m0/s1. The van der Waals surface area contributed by atoms with Gasteiger partial charge in [-0.15, -0.1) is 5.10 Å². The number of pyridine rings is 1. The van der Waals surface area contributed by atoms with Gasteiger partial charge in [-0.05, 0) is 69.7 Å². The minimum atomic E-state index is -0.0709. The molecule has 1 N–H and O–H groups in total. The minimum Gasteiger partial charge on any atom is -0.352 e. The Balaban J connectivity index is 1.50. The first-order chi connectivity index (χ1) is 16.4. The Morgan fingerprint density at radius 1 is 1.18 bits per heavy atom. The summed E-state index contributed by atoms with van der Waals surface area (Å²) < 4.78 is 1.90. The van der Waals surface area contributed by atoms with Crippen molar-refractivity contribution in [3.63, 3.8) is 0 Å². The largest absolute Gasteiger partial charge is 0.352 e. The lowest BCUT2D eigenvalue weighted by molar-refractivity contribution is 0.101. The highest BCUT2D eigenvalue weighted by Gasteiger charge is 2.32. The molecule has 1 aliphatic rings. The molecule has 1 saturated heterocycles. The maximum absolute atomic E-state index is 12.3. The normalized spacial score (nSPS) is 17.6. The summed E-state index contributed by atoms with van der Waals surface area (Å²) in [4.78, 5) is 23.8. The van der Waals surface area contributed by atoms with Gasteiger partial charge in [-0.1, -0.05) is 0 Å². The zero-order chi connectivity index (χ0) is 23.8. The van der Waals surface area contributed by atoms with E-state index in [-0.39, 0.29) is 17.7 Å². The second-order valence-corrected chi connectivity index (χ2v) is 8.66. The Bertz CT molecular complexity index is 1420. The summed E-state index contributed by atoms with van der Waals surface area (Å²) in [6.07, 6.45) is 2.49. The van der Waals surface area contributed by atoms with Crippen molar-refractivity contribution in [2.75, 3.05) is 16.8 Å². The Labute approximate surface area is 197 Å². The number of fused-ring (bicyclic) bond motifs is 1. The molecule has 1 fully saturated rings. The molecule has 0 bridgehead atoms. The van der Waals surface area contributed by atoms with Crippen LogP contribution in [0.25, 0.3) is 16.9 Å². The second-order valence-electron chi connectivity index (χ2n) is 8.66.